The van der Waals surface area contributed by atoms with Crippen LogP contribution in [0.25, 0.3) is 0 Å². The molecule has 0 amide bonds. The van der Waals surface area contributed by atoms with E-state index >= 15 is 0 Å². The molecular weight excluding hydrogens is 404 g/mol. The Morgan fingerprint density at radius 1 is 1.08 bits per heavy atom. The average molecular weight is 428 g/mol. The molecule has 4 nitrogen and oxygen atoms in total. The molecule has 0 fully saturated rings. The predicted octanol–water partition coefficient (Wildman–Crippen LogP) is 4.39. The van der Waals surface area contributed by atoms with Crippen LogP contribution in [0.2, 0.25) is 5.02 Å². The van der Waals surface area contributed by atoms with Crippen LogP contribution in [-0.2, 0) is 13.2 Å². The molecule has 25 heavy (non-hydrogen) atoms. The number of benzene rings is 2. The Morgan fingerprint density at radius 3 is 2.52 bits per heavy atom. The topological polar surface area (TPSA) is 42.5 Å². The van der Waals surface area contributed by atoms with Crippen LogP contribution in [-0.4, -0.2) is 27.2 Å². The van der Waals surface area contributed by atoms with Crippen LogP contribution in [0.4, 0.5) is 0 Å². The van der Waals surface area contributed by atoms with Crippen LogP contribution in [0.1, 0.15) is 17.5 Å². The maximum Gasteiger partial charge on any atom is 0.167 e. The van der Waals surface area contributed by atoms with Crippen molar-refractivity contribution in [2.75, 3.05) is 27.2 Å². The van der Waals surface area contributed by atoms with Gasteiger partial charge in [-0.25, -0.2) is 0 Å². The standard InChI is InChI=1S/C19H24BrClN2O2/c1-22-10-3-11-23-12-16-17(20)8-9-18(24-2)19(16)25-13-14-4-6-15(21)7-5-14/h4-9,22-23H,3,10-13H2,1-2H3. The Bertz CT molecular complexity index is 665. The molecule has 6 heteroatoms. The smallest absolute Gasteiger partial charge is 0.167 e. The van der Waals surface area contributed by atoms with Crippen molar-refractivity contribution in [3.63, 3.8) is 0 Å². The number of halogens is 2. The second kappa shape index (κ2) is 10.7. The molecule has 0 radical (unpaired) electrons. The Morgan fingerprint density at radius 2 is 1.84 bits per heavy atom. The van der Waals surface area contributed by atoms with Crippen LogP contribution in [0.15, 0.2) is 40.9 Å². The van der Waals surface area contributed by atoms with E-state index in [0.29, 0.717) is 13.2 Å². The fourth-order valence-corrected chi connectivity index (χ4v) is 2.98. The van der Waals surface area contributed by atoms with Gasteiger partial charge in [-0.3, -0.25) is 0 Å². The molecule has 0 saturated carbocycles. The summed E-state index contributed by atoms with van der Waals surface area (Å²) in [7, 11) is 3.61. The van der Waals surface area contributed by atoms with Crippen LogP contribution >= 0.6 is 27.5 Å². The van der Waals surface area contributed by atoms with Gasteiger partial charge in [0.15, 0.2) is 11.5 Å². The number of ether oxygens (including phenoxy) is 2. The Kier molecular flexibility index (Phi) is 8.55. The van der Waals surface area contributed by atoms with Crippen LogP contribution < -0.4 is 20.1 Å². The average Bonchev–Trinajstić information content (AvgIpc) is 2.62. The fourth-order valence-electron chi connectivity index (χ4n) is 2.41. The molecule has 0 aliphatic rings. The first-order valence-electron chi connectivity index (χ1n) is 8.23. The summed E-state index contributed by atoms with van der Waals surface area (Å²) in [5.74, 6) is 1.48. The monoisotopic (exact) mass is 426 g/mol. The molecule has 0 spiro atoms. The molecule has 0 aliphatic heterocycles. The van der Waals surface area contributed by atoms with Gasteiger partial charge in [0.25, 0.3) is 0 Å². The highest BCUT2D eigenvalue weighted by molar-refractivity contribution is 9.10. The van der Waals surface area contributed by atoms with Crippen LogP contribution in [0.3, 0.4) is 0 Å². The Balaban J connectivity index is 2.10. The maximum atomic E-state index is 6.09. The fraction of sp³-hybridized carbons (Fsp3) is 0.368. The third-order valence-electron chi connectivity index (χ3n) is 3.77. The van der Waals surface area contributed by atoms with Crippen molar-refractivity contribution in [2.24, 2.45) is 0 Å². The molecule has 0 heterocycles. The highest BCUT2D eigenvalue weighted by Gasteiger charge is 2.14. The number of rotatable bonds is 10. The van der Waals surface area contributed by atoms with Gasteiger partial charge < -0.3 is 20.1 Å². The highest BCUT2D eigenvalue weighted by Crippen LogP contribution is 2.36. The van der Waals surface area contributed by atoms with Crippen molar-refractivity contribution in [1.82, 2.24) is 10.6 Å². The first kappa shape index (κ1) is 20.0. The van der Waals surface area contributed by atoms with E-state index in [-0.39, 0.29) is 0 Å². The van der Waals surface area contributed by atoms with Gasteiger partial charge >= 0.3 is 0 Å². The van der Waals surface area contributed by atoms with Crippen molar-refractivity contribution in [3.05, 3.63) is 57.0 Å². The summed E-state index contributed by atoms with van der Waals surface area (Å²) < 4.78 is 12.6. The third kappa shape index (κ3) is 6.19. The van der Waals surface area contributed by atoms with E-state index in [1.165, 1.54) is 0 Å². The van der Waals surface area contributed by atoms with Crippen molar-refractivity contribution in [2.45, 2.75) is 19.6 Å². The molecule has 0 saturated heterocycles. The van der Waals surface area contributed by atoms with E-state index in [1.54, 1.807) is 7.11 Å². The van der Waals surface area contributed by atoms with Crippen LogP contribution in [0, 0.1) is 0 Å². The zero-order valence-electron chi connectivity index (χ0n) is 14.6. The van der Waals surface area contributed by atoms with Gasteiger partial charge in [0.05, 0.1) is 7.11 Å². The van der Waals surface area contributed by atoms with E-state index in [4.69, 9.17) is 21.1 Å². The zero-order valence-corrected chi connectivity index (χ0v) is 16.9. The molecule has 0 bridgehead atoms. The minimum absolute atomic E-state index is 0.455. The largest absolute Gasteiger partial charge is 0.493 e. The van der Waals surface area contributed by atoms with Gasteiger partial charge in [0, 0.05) is 21.6 Å². The SMILES string of the molecule is CNCCCNCc1c(Br)ccc(OC)c1OCc1ccc(Cl)cc1. The number of hydrogen-bond donors (Lipinski definition) is 2. The van der Waals surface area contributed by atoms with E-state index < -0.39 is 0 Å². The summed E-state index contributed by atoms with van der Waals surface area (Å²) in [6, 6.07) is 11.5. The van der Waals surface area contributed by atoms with E-state index in [0.717, 1.165) is 51.6 Å². The van der Waals surface area contributed by atoms with Gasteiger partial charge in [0.2, 0.25) is 0 Å². The maximum absolute atomic E-state index is 6.09. The lowest BCUT2D eigenvalue weighted by molar-refractivity contribution is 0.280. The summed E-state index contributed by atoms with van der Waals surface area (Å²) in [6.07, 6.45) is 1.07. The highest BCUT2D eigenvalue weighted by atomic mass is 79.9. The lowest BCUT2D eigenvalue weighted by Crippen LogP contribution is -2.20. The molecule has 2 N–H and O–H groups in total. The minimum atomic E-state index is 0.455. The second-order valence-electron chi connectivity index (χ2n) is 5.61. The molecule has 0 aromatic heterocycles. The van der Waals surface area contributed by atoms with Gasteiger partial charge in [-0.15, -0.1) is 0 Å². The Hall–Kier alpha value is -1.27. The van der Waals surface area contributed by atoms with Crippen molar-refractivity contribution < 1.29 is 9.47 Å². The summed E-state index contributed by atoms with van der Waals surface area (Å²) in [6.45, 7) is 3.08. The minimum Gasteiger partial charge on any atom is -0.493 e. The van der Waals surface area contributed by atoms with Crippen molar-refractivity contribution in [3.8, 4) is 11.5 Å². The summed E-state index contributed by atoms with van der Waals surface area (Å²) in [5, 5.41) is 7.32. The number of methoxy groups -OCH3 is 1. The molecule has 2 aromatic carbocycles. The third-order valence-corrected chi connectivity index (χ3v) is 4.76. The molecule has 0 atom stereocenters. The van der Waals surface area contributed by atoms with Gasteiger partial charge in [0.1, 0.15) is 6.61 Å². The van der Waals surface area contributed by atoms with E-state index in [1.807, 2.05) is 43.4 Å². The molecule has 2 aromatic rings. The molecule has 0 aliphatic carbocycles. The van der Waals surface area contributed by atoms with Crippen LogP contribution in [0.5, 0.6) is 11.5 Å². The van der Waals surface area contributed by atoms with Gasteiger partial charge in [-0.2, -0.15) is 0 Å². The zero-order chi connectivity index (χ0) is 18.1. The summed E-state index contributed by atoms with van der Waals surface area (Å²) >= 11 is 9.56. The van der Waals surface area contributed by atoms with Crippen molar-refractivity contribution >= 4 is 27.5 Å². The van der Waals surface area contributed by atoms with Crippen molar-refractivity contribution in [1.29, 1.82) is 0 Å². The van der Waals surface area contributed by atoms with Gasteiger partial charge in [-0.05, 0) is 56.4 Å². The quantitative estimate of drug-likeness (QED) is 0.552. The molecule has 136 valence electrons. The number of nitrogens with one attached hydrogen (secondary N) is 2. The second-order valence-corrected chi connectivity index (χ2v) is 6.90. The molecule has 0 unspecified atom stereocenters. The first-order valence-corrected chi connectivity index (χ1v) is 9.40. The lowest BCUT2D eigenvalue weighted by Gasteiger charge is -2.17. The predicted molar refractivity (Wildman–Crippen MR) is 107 cm³/mol. The van der Waals surface area contributed by atoms with Gasteiger partial charge in [-0.1, -0.05) is 39.7 Å². The normalized spacial score (nSPS) is 10.7. The number of hydrogen-bond acceptors (Lipinski definition) is 4. The lowest BCUT2D eigenvalue weighted by atomic mass is 10.1. The van der Waals surface area contributed by atoms with E-state index in [2.05, 4.69) is 26.6 Å². The molecular formula is C19H24BrClN2O2. The molecule has 2 rings (SSSR count). The van der Waals surface area contributed by atoms with E-state index in [9.17, 15) is 0 Å². The summed E-state index contributed by atoms with van der Waals surface area (Å²) in [4.78, 5) is 0. The Labute approximate surface area is 163 Å². The summed E-state index contributed by atoms with van der Waals surface area (Å²) in [5.41, 5.74) is 2.11. The first-order chi connectivity index (χ1) is 12.2.